The van der Waals surface area contributed by atoms with Crippen LogP contribution in [0.25, 0.3) is 0 Å². The van der Waals surface area contributed by atoms with Crippen LogP contribution in [0.3, 0.4) is 0 Å². The van der Waals surface area contributed by atoms with Gasteiger partial charge in [0.1, 0.15) is 11.9 Å². The molecule has 0 fully saturated rings. The third kappa shape index (κ3) is 6.03. The van der Waals surface area contributed by atoms with E-state index in [1.54, 1.807) is 24.0 Å². The van der Waals surface area contributed by atoms with Crippen molar-refractivity contribution in [3.05, 3.63) is 47.5 Å². The van der Waals surface area contributed by atoms with Gasteiger partial charge in [0.05, 0.1) is 24.5 Å². The van der Waals surface area contributed by atoms with Gasteiger partial charge in [0, 0.05) is 31.2 Å². The standard InChI is InChI=1S/C25H33N3O7S/c1-16-11-28(17(2)14-29)25(30)20-10-19(26-36(4,31)32)6-8-21(20)35-24(16)13-27(3)12-18-5-7-22-23(9-18)34-15-33-22/h5-10,16-17,24,26,29H,11-15H2,1-4H3/t16-,17-,24+/m1/s1. The van der Waals surface area contributed by atoms with Gasteiger partial charge in [-0.2, -0.15) is 0 Å². The largest absolute Gasteiger partial charge is 0.488 e. The molecule has 2 aromatic carbocycles. The highest BCUT2D eigenvalue weighted by Gasteiger charge is 2.33. The van der Waals surface area contributed by atoms with Gasteiger partial charge in [-0.3, -0.25) is 14.4 Å². The fraction of sp³-hybridized carbons (Fsp3) is 0.480. The molecule has 2 aliphatic heterocycles. The maximum Gasteiger partial charge on any atom is 0.258 e. The van der Waals surface area contributed by atoms with E-state index < -0.39 is 16.1 Å². The molecule has 0 bridgehead atoms. The maximum atomic E-state index is 13.4. The predicted octanol–water partition coefficient (Wildman–Crippen LogP) is 2.14. The summed E-state index contributed by atoms with van der Waals surface area (Å²) in [5.74, 6) is 1.49. The molecule has 0 radical (unpaired) electrons. The maximum absolute atomic E-state index is 13.4. The second-order valence-electron chi connectivity index (χ2n) is 9.59. The Bertz CT molecular complexity index is 1220. The van der Waals surface area contributed by atoms with Crippen molar-refractivity contribution < 1.29 is 32.5 Å². The highest BCUT2D eigenvalue weighted by Crippen LogP contribution is 2.33. The van der Waals surface area contributed by atoms with Gasteiger partial charge in [-0.25, -0.2) is 8.42 Å². The summed E-state index contributed by atoms with van der Waals surface area (Å²) in [6, 6.07) is 10.1. The van der Waals surface area contributed by atoms with E-state index in [9.17, 15) is 18.3 Å². The highest BCUT2D eigenvalue weighted by atomic mass is 32.2. The smallest absolute Gasteiger partial charge is 0.258 e. The van der Waals surface area contributed by atoms with Crippen LogP contribution < -0.4 is 18.9 Å². The van der Waals surface area contributed by atoms with Crippen molar-refractivity contribution in [2.24, 2.45) is 5.92 Å². The monoisotopic (exact) mass is 519 g/mol. The minimum Gasteiger partial charge on any atom is -0.488 e. The molecule has 0 saturated heterocycles. The van der Waals surface area contributed by atoms with Crippen molar-refractivity contribution in [3.63, 3.8) is 0 Å². The van der Waals surface area contributed by atoms with Crippen LogP contribution in [0.1, 0.15) is 29.8 Å². The molecule has 1 amide bonds. The number of sulfonamides is 1. The lowest BCUT2D eigenvalue weighted by Gasteiger charge is -2.38. The minimum atomic E-state index is -3.52. The number of anilines is 1. The summed E-state index contributed by atoms with van der Waals surface area (Å²) >= 11 is 0. The Balaban J connectivity index is 1.58. The molecule has 2 N–H and O–H groups in total. The topological polar surface area (TPSA) is 118 Å². The second kappa shape index (κ2) is 10.5. The Kier molecular flexibility index (Phi) is 7.62. The fourth-order valence-electron chi connectivity index (χ4n) is 4.44. The van der Waals surface area contributed by atoms with E-state index in [0.717, 1.165) is 23.3 Å². The number of ether oxygens (including phenoxy) is 3. The van der Waals surface area contributed by atoms with E-state index in [1.165, 1.54) is 6.07 Å². The lowest BCUT2D eigenvalue weighted by Crippen LogP contribution is -2.49. The lowest BCUT2D eigenvalue weighted by molar-refractivity contribution is 0.0341. The molecular weight excluding hydrogens is 486 g/mol. The highest BCUT2D eigenvalue weighted by molar-refractivity contribution is 7.92. The Morgan fingerprint density at radius 3 is 2.61 bits per heavy atom. The summed E-state index contributed by atoms with van der Waals surface area (Å²) in [4.78, 5) is 17.2. The Labute approximate surface area is 211 Å². The minimum absolute atomic E-state index is 0.0378. The number of fused-ring (bicyclic) bond motifs is 2. The molecule has 2 aromatic rings. The van der Waals surface area contributed by atoms with E-state index in [4.69, 9.17) is 14.2 Å². The van der Waals surface area contributed by atoms with Gasteiger partial charge >= 0.3 is 0 Å². The number of aliphatic hydroxyl groups is 1. The van der Waals surface area contributed by atoms with E-state index in [2.05, 4.69) is 9.62 Å². The first kappa shape index (κ1) is 26.1. The first-order chi connectivity index (χ1) is 17.0. The lowest BCUT2D eigenvalue weighted by atomic mass is 9.99. The molecule has 2 aliphatic rings. The van der Waals surface area contributed by atoms with Crippen LogP contribution in [0.2, 0.25) is 0 Å². The molecule has 0 aliphatic carbocycles. The zero-order valence-electron chi connectivity index (χ0n) is 20.9. The number of hydrogen-bond acceptors (Lipinski definition) is 8. The third-order valence-electron chi connectivity index (χ3n) is 6.35. The van der Waals surface area contributed by atoms with Crippen molar-refractivity contribution in [1.82, 2.24) is 9.80 Å². The van der Waals surface area contributed by atoms with E-state index in [1.807, 2.05) is 32.2 Å². The average molecular weight is 520 g/mol. The summed E-state index contributed by atoms with van der Waals surface area (Å²) in [6.07, 6.45) is 0.786. The van der Waals surface area contributed by atoms with E-state index >= 15 is 0 Å². The summed E-state index contributed by atoms with van der Waals surface area (Å²) in [5, 5.41) is 9.81. The van der Waals surface area contributed by atoms with Gasteiger partial charge < -0.3 is 24.2 Å². The van der Waals surface area contributed by atoms with Crippen molar-refractivity contribution in [1.29, 1.82) is 0 Å². The number of nitrogens with zero attached hydrogens (tertiary/aromatic N) is 2. The normalized spacial score (nSPS) is 20.4. The van der Waals surface area contributed by atoms with Gasteiger partial charge in [0.2, 0.25) is 16.8 Å². The zero-order valence-corrected chi connectivity index (χ0v) is 21.7. The van der Waals surface area contributed by atoms with Crippen molar-refractivity contribution >= 4 is 21.6 Å². The first-order valence-corrected chi connectivity index (χ1v) is 13.7. The van der Waals surface area contributed by atoms with Crippen LogP contribution in [0.4, 0.5) is 5.69 Å². The van der Waals surface area contributed by atoms with Gasteiger partial charge in [0.15, 0.2) is 11.5 Å². The van der Waals surface area contributed by atoms with E-state index in [0.29, 0.717) is 25.4 Å². The van der Waals surface area contributed by atoms with Crippen LogP contribution in [0.15, 0.2) is 36.4 Å². The molecule has 36 heavy (non-hydrogen) atoms. The zero-order chi connectivity index (χ0) is 26.0. The van der Waals surface area contributed by atoms with Crippen molar-refractivity contribution in [2.45, 2.75) is 32.5 Å². The molecule has 196 valence electrons. The van der Waals surface area contributed by atoms with Gasteiger partial charge in [0.25, 0.3) is 5.91 Å². The summed E-state index contributed by atoms with van der Waals surface area (Å²) < 4.78 is 43.1. The molecule has 0 aromatic heterocycles. The molecule has 0 spiro atoms. The molecule has 2 heterocycles. The quantitative estimate of drug-likeness (QED) is 0.545. The molecule has 10 nitrogen and oxygen atoms in total. The number of amides is 1. The fourth-order valence-corrected chi connectivity index (χ4v) is 5.00. The molecule has 0 saturated carbocycles. The molecule has 3 atom stereocenters. The summed E-state index contributed by atoms with van der Waals surface area (Å²) in [6.45, 7) is 5.46. The number of hydrogen-bond donors (Lipinski definition) is 2. The Morgan fingerprint density at radius 2 is 1.89 bits per heavy atom. The summed E-state index contributed by atoms with van der Waals surface area (Å²) in [7, 11) is -1.52. The molecular formula is C25H33N3O7S. The number of benzene rings is 2. The first-order valence-electron chi connectivity index (χ1n) is 11.8. The van der Waals surface area contributed by atoms with Crippen molar-refractivity contribution in [3.8, 4) is 17.2 Å². The Hall–Kier alpha value is -3.02. The predicted molar refractivity (Wildman–Crippen MR) is 135 cm³/mol. The summed E-state index contributed by atoms with van der Waals surface area (Å²) in [5.41, 5.74) is 1.59. The number of likely N-dealkylation sites (N-methyl/N-ethyl adjacent to an activating group) is 1. The van der Waals surface area contributed by atoms with Crippen LogP contribution in [0.5, 0.6) is 17.2 Å². The van der Waals surface area contributed by atoms with Crippen LogP contribution in [0, 0.1) is 5.92 Å². The van der Waals surface area contributed by atoms with Crippen LogP contribution in [-0.2, 0) is 16.6 Å². The second-order valence-corrected chi connectivity index (χ2v) is 11.3. The van der Waals surface area contributed by atoms with Crippen LogP contribution in [-0.4, -0.2) is 81.2 Å². The molecule has 0 unspecified atom stereocenters. The Morgan fingerprint density at radius 1 is 1.17 bits per heavy atom. The number of rotatable bonds is 8. The molecule has 4 rings (SSSR count). The SMILES string of the molecule is C[C@@H]1CN([C@H](C)CO)C(=O)c2cc(NS(C)(=O)=O)ccc2O[C@H]1CN(C)Cc1ccc2c(c1)OCO2. The number of carbonyl (C=O) groups is 1. The van der Waals surface area contributed by atoms with Gasteiger partial charge in [-0.15, -0.1) is 0 Å². The van der Waals surface area contributed by atoms with Gasteiger partial charge in [-0.05, 0) is 49.9 Å². The van der Waals surface area contributed by atoms with Crippen molar-refractivity contribution in [2.75, 3.05) is 44.5 Å². The average Bonchev–Trinajstić information content (AvgIpc) is 3.28. The number of aliphatic hydroxyl groups excluding tert-OH is 1. The number of carbonyl (C=O) groups excluding carboxylic acids is 1. The number of nitrogens with one attached hydrogen (secondary N) is 1. The van der Waals surface area contributed by atoms with Gasteiger partial charge in [-0.1, -0.05) is 13.0 Å². The van der Waals surface area contributed by atoms with E-state index in [-0.39, 0.29) is 42.6 Å². The van der Waals surface area contributed by atoms with Crippen LogP contribution >= 0.6 is 0 Å². The third-order valence-corrected chi connectivity index (χ3v) is 6.96. The molecule has 11 heteroatoms.